The molecule has 1 aromatic heterocycles. The van der Waals surface area contributed by atoms with E-state index in [1.807, 2.05) is 18.2 Å². The zero-order chi connectivity index (χ0) is 13.1. The van der Waals surface area contributed by atoms with E-state index >= 15 is 0 Å². The van der Waals surface area contributed by atoms with Crippen LogP contribution in [0, 0.1) is 0 Å². The molecule has 1 aromatic carbocycles. The predicted octanol–water partition coefficient (Wildman–Crippen LogP) is 3.40. The number of nitrogens with zero attached hydrogens (tertiary/aromatic N) is 1. The molecule has 0 radical (unpaired) electrons. The van der Waals surface area contributed by atoms with Crippen molar-refractivity contribution < 1.29 is 9.15 Å². The van der Waals surface area contributed by atoms with Crippen molar-refractivity contribution in [3.8, 4) is 0 Å². The van der Waals surface area contributed by atoms with Gasteiger partial charge in [0.05, 0.1) is 6.61 Å². The second-order valence-corrected chi connectivity index (χ2v) is 4.89. The highest BCUT2D eigenvalue weighted by molar-refractivity contribution is 5.77. The number of aromatic nitrogens is 1. The summed E-state index contributed by atoms with van der Waals surface area (Å²) < 4.78 is 10.8. The maximum atomic E-state index is 5.67. The molecule has 0 saturated heterocycles. The first-order valence-electron chi connectivity index (χ1n) is 6.26. The molecule has 1 atom stereocenters. The van der Waals surface area contributed by atoms with Gasteiger partial charge in [-0.05, 0) is 25.1 Å². The Kier molecular flexibility index (Phi) is 3.87. The van der Waals surface area contributed by atoms with Crippen molar-refractivity contribution in [3.05, 3.63) is 24.1 Å². The lowest BCUT2D eigenvalue weighted by atomic mass is 10.2. The lowest BCUT2D eigenvalue weighted by molar-refractivity contribution is 0.190. The largest absolute Gasteiger partial charge is 0.440 e. The molecule has 0 aliphatic carbocycles. The Morgan fingerprint density at radius 3 is 2.78 bits per heavy atom. The third-order valence-corrected chi connectivity index (χ3v) is 2.73. The Bertz CT molecular complexity index is 519. The average Bonchev–Trinajstić information content (AvgIpc) is 2.72. The van der Waals surface area contributed by atoms with Crippen LogP contribution in [0.3, 0.4) is 0 Å². The van der Waals surface area contributed by atoms with Gasteiger partial charge in [-0.2, -0.15) is 0 Å². The second kappa shape index (κ2) is 5.40. The van der Waals surface area contributed by atoms with E-state index in [1.165, 1.54) is 0 Å². The first-order chi connectivity index (χ1) is 8.60. The Labute approximate surface area is 107 Å². The Balaban J connectivity index is 2.21. The molecule has 1 unspecified atom stereocenters. The normalized spacial score (nSPS) is 13.2. The monoisotopic (exact) mass is 248 g/mol. The molecule has 1 N–H and O–H groups in total. The number of rotatable bonds is 5. The fourth-order valence-electron chi connectivity index (χ4n) is 1.86. The summed E-state index contributed by atoms with van der Waals surface area (Å²) in [6, 6.07) is 6.24. The first kappa shape index (κ1) is 12.9. The fourth-order valence-corrected chi connectivity index (χ4v) is 1.86. The number of benzene rings is 1. The van der Waals surface area contributed by atoms with Gasteiger partial charge in [0.2, 0.25) is 0 Å². The Morgan fingerprint density at radius 2 is 2.11 bits per heavy atom. The zero-order valence-electron chi connectivity index (χ0n) is 11.4. The molecular weight excluding hydrogens is 228 g/mol. The third-order valence-electron chi connectivity index (χ3n) is 2.73. The number of anilines is 1. The van der Waals surface area contributed by atoms with Gasteiger partial charge in [0.25, 0.3) is 0 Å². The SMILES string of the molecule is COCC(C)Nc1ccc2oc(C(C)C)nc2c1. The summed E-state index contributed by atoms with van der Waals surface area (Å²) in [6.45, 7) is 6.90. The van der Waals surface area contributed by atoms with E-state index in [-0.39, 0.29) is 6.04 Å². The average molecular weight is 248 g/mol. The van der Waals surface area contributed by atoms with Crippen LogP contribution in [-0.4, -0.2) is 24.7 Å². The molecular formula is C14H20N2O2. The molecule has 0 aliphatic rings. The van der Waals surface area contributed by atoms with Crippen LogP contribution >= 0.6 is 0 Å². The van der Waals surface area contributed by atoms with Gasteiger partial charge in [-0.1, -0.05) is 13.8 Å². The minimum absolute atomic E-state index is 0.268. The first-order valence-corrected chi connectivity index (χ1v) is 6.26. The maximum absolute atomic E-state index is 5.67. The van der Waals surface area contributed by atoms with Crippen molar-refractivity contribution in [1.29, 1.82) is 0 Å². The Morgan fingerprint density at radius 1 is 1.33 bits per heavy atom. The van der Waals surface area contributed by atoms with E-state index in [1.54, 1.807) is 7.11 Å². The van der Waals surface area contributed by atoms with Gasteiger partial charge in [0.15, 0.2) is 11.5 Å². The molecule has 0 bridgehead atoms. The Hall–Kier alpha value is -1.55. The van der Waals surface area contributed by atoms with Crippen molar-refractivity contribution >= 4 is 16.8 Å². The summed E-state index contributed by atoms with van der Waals surface area (Å²) >= 11 is 0. The van der Waals surface area contributed by atoms with Gasteiger partial charge >= 0.3 is 0 Å². The van der Waals surface area contributed by atoms with Gasteiger partial charge in [-0.25, -0.2) is 4.98 Å². The van der Waals surface area contributed by atoms with Crippen LogP contribution in [0.4, 0.5) is 5.69 Å². The van der Waals surface area contributed by atoms with Gasteiger partial charge in [-0.3, -0.25) is 0 Å². The summed E-state index contributed by atoms with van der Waals surface area (Å²) in [4.78, 5) is 4.49. The highest BCUT2D eigenvalue weighted by atomic mass is 16.5. The molecule has 2 aromatic rings. The van der Waals surface area contributed by atoms with Crippen molar-refractivity contribution in [2.75, 3.05) is 19.0 Å². The number of hydrogen-bond acceptors (Lipinski definition) is 4. The van der Waals surface area contributed by atoms with Gasteiger partial charge in [0, 0.05) is 24.8 Å². The van der Waals surface area contributed by atoms with E-state index < -0.39 is 0 Å². The van der Waals surface area contributed by atoms with E-state index in [0.717, 1.165) is 22.7 Å². The number of fused-ring (bicyclic) bond motifs is 1. The van der Waals surface area contributed by atoms with Gasteiger partial charge in [0.1, 0.15) is 5.52 Å². The van der Waals surface area contributed by atoms with Crippen LogP contribution in [0.25, 0.3) is 11.1 Å². The lowest BCUT2D eigenvalue weighted by Gasteiger charge is -2.13. The van der Waals surface area contributed by atoms with E-state index in [9.17, 15) is 0 Å². The topological polar surface area (TPSA) is 47.3 Å². The summed E-state index contributed by atoms with van der Waals surface area (Å²) in [7, 11) is 1.70. The van der Waals surface area contributed by atoms with Crippen molar-refractivity contribution in [2.45, 2.75) is 32.7 Å². The fraction of sp³-hybridized carbons (Fsp3) is 0.500. The predicted molar refractivity (Wildman–Crippen MR) is 73.1 cm³/mol. The molecule has 4 nitrogen and oxygen atoms in total. The molecule has 0 fully saturated rings. The summed E-state index contributed by atoms with van der Waals surface area (Å²) in [5.74, 6) is 1.09. The van der Waals surface area contributed by atoms with Crippen molar-refractivity contribution in [1.82, 2.24) is 4.98 Å². The highest BCUT2D eigenvalue weighted by Gasteiger charge is 2.10. The smallest absolute Gasteiger partial charge is 0.198 e. The minimum Gasteiger partial charge on any atom is -0.440 e. The lowest BCUT2D eigenvalue weighted by Crippen LogP contribution is -2.20. The minimum atomic E-state index is 0.268. The molecule has 0 saturated carbocycles. The second-order valence-electron chi connectivity index (χ2n) is 4.89. The summed E-state index contributed by atoms with van der Waals surface area (Å²) in [5, 5.41) is 3.37. The van der Waals surface area contributed by atoms with E-state index in [2.05, 4.69) is 31.1 Å². The van der Waals surface area contributed by atoms with Crippen molar-refractivity contribution in [3.63, 3.8) is 0 Å². The molecule has 4 heteroatoms. The molecule has 1 heterocycles. The van der Waals surface area contributed by atoms with Crippen LogP contribution in [0.1, 0.15) is 32.6 Å². The standard InChI is InChI=1S/C14H20N2O2/c1-9(2)14-16-12-7-11(5-6-13(12)18-14)15-10(3)8-17-4/h5-7,9-10,15H,8H2,1-4H3. The van der Waals surface area contributed by atoms with Gasteiger partial charge in [-0.15, -0.1) is 0 Å². The number of hydrogen-bond donors (Lipinski definition) is 1. The number of nitrogens with one attached hydrogen (secondary N) is 1. The quantitative estimate of drug-likeness (QED) is 0.881. The summed E-state index contributed by atoms with van der Waals surface area (Å²) in [6.07, 6.45) is 0. The zero-order valence-corrected chi connectivity index (χ0v) is 11.4. The molecule has 18 heavy (non-hydrogen) atoms. The maximum Gasteiger partial charge on any atom is 0.198 e. The van der Waals surface area contributed by atoms with E-state index in [0.29, 0.717) is 12.5 Å². The molecule has 0 spiro atoms. The molecule has 0 amide bonds. The molecule has 0 aliphatic heterocycles. The van der Waals surface area contributed by atoms with Crippen LogP contribution < -0.4 is 5.32 Å². The van der Waals surface area contributed by atoms with Gasteiger partial charge < -0.3 is 14.5 Å². The molecule has 2 rings (SSSR count). The van der Waals surface area contributed by atoms with Crippen LogP contribution in [0.15, 0.2) is 22.6 Å². The molecule has 98 valence electrons. The third kappa shape index (κ3) is 2.82. The van der Waals surface area contributed by atoms with Crippen LogP contribution in [0.2, 0.25) is 0 Å². The highest BCUT2D eigenvalue weighted by Crippen LogP contribution is 2.23. The number of ether oxygens (including phenoxy) is 1. The van der Waals surface area contributed by atoms with E-state index in [4.69, 9.17) is 9.15 Å². The number of methoxy groups -OCH3 is 1. The van der Waals surface area contributed by atoms with Crippen LogP contribution in [-0.2, 0) is 4.74 Å². The number of oxazole rings is 1. The summed E-state index contributed by atoms with van der Waals surface area (Å²) in [5.41, 5.74) is 2.77. The van der Waals surface area contributed by atoms with Crippen LogP contribution in [0.5, 0.6) is 0 Å². The van der Waals surface area contributed by atoms with Crippen molar-refractivity contribution in [2.24, 2.45) is 0 Å².